The molecule has 6 unspecified atom stereocenters. The zero-order valence-corrected chi connectivity index (χ0v) is 24.2. The zero-order chi connectivity index (χ0) is 27.9. The van der Waals surface area contributed by atoms with Gasteiger partial charge in [-0.15, -0.1) is 11.3 Å². The van der Waals surface area contributed by atoms with Crippen molar-refractivity contribution < 1.29 is 29.6 Å². The minimum absolute atomic E-state index is 0.0818. The molecule has 0 saturated heterocycles. The number of cyclic esters (lactones) is 1. The van der Waals surface area contributed by atoms with Gasteiger partial charge in [0.05, 0.1) is 29.0 Å². The number of aryl methyl sites for hydroxylation is 1. The molecule has 1 aromatic heterocycles. The predicted molar refractivity (Wildman–Crippen MR) is 147 cm³/mol. The molecule has 1 aromatic rings. The number of Topliss-reactive ketones (excluding diaryl/α,β-unsaturated/α-hetero) is 1. The molecule has 1 aliphatic heterocycles. The number of esters is 1. The molecule has 2 rings (SSSR count). The van der Waals surface area contributed by atoms with Crippen molar-refractivity contribution in [2.45, 2.75) is 111 Å². The van der Waals surface area contributed by atoms with Gasteiger partial charge < -0.3 is 20.1 Å². The molecule has 208 valence electrons. The van der Waals surface area contributed by atoms with E-state index < -0.39 is 35.7 Å². The molecule has 0 spiro atoms. The fourth-order valence-electron chi connectivity index (χ4n) is 4.85. The lowest BCUT2D eigenvalue weighted by atomic mass is 9.74. The smallest absolute Gasteiger partial charge is 0.306 e. The molecule has 0 bridgehead atoms. The SMILES string of the molecule is CC/C1=C/CC(/C(C)=C/c2csc(C)n2)OC(=O)CCC(C)(C)C(=O)C(C)C(O)C(C)CC(O)C(O)C1. The summed E-state index contributed by atoms with van der Waals surface area (Å²) in [6, 6.07) is 0. The van der Waals surface area contributed by atoms with Gasteiger partial charge in [0.2, 0.25) is 0 Å². The van der Waals surface area contributed by atoms with E-state index in [1.54, 1.807) is 39.0 Å². The second-order valence-electron chi connectivity index (χ2n) is 11.2. The molecule has 2 heterocycles. The van der Waals surface area contributed by atoms with Crippen LogP contribution in [0.1, 0.15) is 90.8 Å². The van der Waals surface area contributed by atoms with Crippen LogP contribution in [0.2, 0.25) is 0 Å². The van der Waals surface area contributed by atoms with Gasteiger partial charge in [-0.25, -0.2) is 4.98 Å². The van der Waals surface area contributed by atoms with Gasteiger partial charge in [0.25, 0.3) is 0 Å². The van der Waals surface area contributed by atoms with Crippen LogP contribution >= 0.6 is 11.3 Å². The number of ether oxygens (including phenoxy) is 1. The first kappa shape index (κ1) is 31.3. The first-order chi connectivity index (χ1) is 17.2. The third-order valence-electron chi connectivity index (χ3n) is 7.53. The van der Waals surface area contributed by atoms with Crippen LogP contribution in [0.5, 0.6) is 0 Å². The summed E-state index contributed by atoms with van der Waals surface area (Å²) in [7, 11) is 0. The molecule has 7 nitrogen and oxygen atoms in total. The minimum atomic E-state index is -1.03. The van der Waals surface area contributed by atoms with Crippen LogP contribution < -0.4 is 0 Å². The highest BCUT2D eigenvalue weighted by molar-refractivity contribution is 7.09. The van der Waals surface area contributed by atoms with Gasteiger partial charge in [-0.05, 0) is 57.1 Å². The Morgan fingerprint density at radius 3 is 2.49 bits per heavy atom. The Morgan fingerprint density at radius 2 is 1.89 bits per heavy atom. The maximum atomic E-state index is 13.2. The van der Waals surface area contributed by atoms with Crippen molar-refractivity contribution in [2.75, 3.05) is 0 Å². The third-order valence-corrected chi connectivity index (χ3v) is 8.32. The highest BCUT2D eigenvalue weighted by atomic mass is 32.1. The Balaban J connectivity index is 2.38. The summed E-state index contributed by atoms with van der Waals surface area (Å²) in [6.07, 6.45) is 2.30. The average Bonchev–Trinajstić information content (AvgIpc) is 3.26. The van der Waals surface area contributed by atoms with Crippen molar-refractivity contribution in [2.24, 2.45) is 17.3 Å². The van der Waals surface area contributed by atoms with Gasteiger partial charge in [-0.3, -0.25) is 9.59 Å². The first-order valence-electron chi connectivity index (χ1n) is 13.3. The van der Waals surface area contributed by atoms with Crippen molar-refractivity contribution in [1.82, 2.24) is 4.98 Å². The Bertz CT molecular complexity index is 981. The molecule has 0 aromatic carbocycles. The van der Waals surface area contributed by atoms with Gasteiger partial charge in [0, 0.05) is 29.6 Å². The van der Waals surface area contributed by atoms with E-state index in [0.717, 1.165) is 21.8 Å². The number of carbonyl (C=O) groups is 2. The van der Waals surface area contributed by atoms with Crippen molar-refractivity contribution >= 4 is 29.2 Å². The van der Waals surface area contributed by atoms with Gasteiger partial charge in [0.1, 0.15) is 11.9 Å². The van der Waals surface area contributed by atoms with Crippen LogP contribution in [0.15, 0.2) is 22.6 Å². The predicted octanol–water partition coefficient (Wildman–Crippen LogP) is 5.02. The molecule has 0 saturated carbocycles. The third kappa shape index (κ3) is 9.13. The molecule has 0 aliphatic carbocycles. The lowest BCUT2D eigenvalue weighted by Gasteiger charge is -2.32. The number of aromatic nitrogens is 1. The lowest BCUT2D eigenvalue weighted by Crippen LogP contribution is -2.40. The van der Waals surface area contributed by atoms with Gasteiger partial charge in [0.15, 0.2) is 0 Å². The molecule has 0 fully saturated rings. The van der Waals surface area contributed by atoms with Crippen molar-refractivity contribution in [1.29, 1.82) is 0 Å². The largest absolute Gasteiger partial charge is 0.457 e. The monoisotopic (exact) mass is 535 g/mol. The standard InChI is InChI=1S/C29H45NO6S/c1-8-21-9-10-25(17(2)13-22-16-37-20(5)30-22)36-26(33)11-12-29(6,7)28(35)19(4)27(34)18(3)14-23(31)24(32)15-21/h9,13,16,18-19,23-25,27,31-32,34H,8,10-12,14-15H2,1-7H3/b17-13+,21-9-. The summed E-state index contributed by atoms with van der Waals surface area (Å²) in [4.78, 5) is 30.6. The van der Waals surface area contributed by atoms with E-state index >= 15 is 0 Å². The molecular weight excluding hydrogens is 490 g/mol. The van der Waals surface area contributed by atoms with Crippen molar-refractivity contribution in [3.63, 3.8) is 0 Å². The number of ketones is 1. The lowest BCUT2D eigenvalue weighted by molar-refractivity contribution is -0.148. The first-order valence-corrected chi connectivity index (χ1v) is 14.2. The Hall–Kier alpha value is -1.87. The quantitative estimate of drug-likeness (QED) is 0.368. The molecule has 3 N–H and O–H groups in total. The topological polar surface area (TPSA) is 117 Å². The molecule has 0 amide bonds. The normalized spacial score (nSPS) is 32.8. The van der Waals surface area contributed by atoms with Crippen LogP contribution in [-0.4, -0.2) is 56.5 Å². The van der Waals surface area contributed by atoms with Crippen LogP contribution in [0.3, 0.4) is 0 Å². The second-order valence-corrected chi connectivity index (χ2v) is 12.3. The average molecular weight is 536 g/mol. The van der Waals surface area contributed by atoms with Crippen LogP contribution in [-0.2, 0) is 14.3 Å². The van der Waals surface area contributed by atoms with Gasteiger partial charge >= 0.3 is 5.97 Å². The number of thiazole rings is 1. The number of carbonyl (C=O) groups excluding carboxylic acids is 2. The van der Waals surface area contributed by atoms with E-state index in [0.29, 0.717) is 19.3 Å². The van der Waals surface area contributed by atoms with E-state index in [1.807, 2.05) is 38.3 Å². The molecule has 8 heteroatoms. The Kier molecular flexibility index (Phi) is 11.7. The van der Waals surface area contributed by atoms with Crippen LogP contribution in [0, 0.1) is 24.2 Å². The maximum Gasteiger partial charge on any atom is 0.306 e. The number of hydrogen-bond donors (Lipinski definition) is 3. The van der Waals surface area contributed by atoms with E-state index in [2.05, 4.69) is 4.98 Å². The van der Waals surface area contributed by atoms with E-state index in [-0.39, 0.29) is 36.9 Å². The Morgan fingerprint density at radius 1 is 1.22 bits per heavy atom. The fraction of sp³-hybridized carbons (Fsp3) is 0.690. The number of nitrogens with zero attached hydrogens (tertiary/aromatic N) is 1. The van der Waals surface area contributed by atoms with Crippen LogP contribution in [0.4, 0.5) is 0 Å². The van der Waals surface area contributed by atoms with E-state index in [9.17, 15) is 24.9 Å². The zero-order valence-electron chi connectivity index (χ0n) is 23.4. The molecule has 37 heavy (non-hydrogen) atoms. The fourth-order valence-corrected chi connectivity index (χ4v) is 5.42. The van der Waals surface area contributed by atoms with Gasteiger partial charge in [-0.2, -0.15) is 0 Å². The summed E-state index contributed by atoms with van der Waals surface area (Å²) in [5.41, 5.74) is 1.78. The highest BCUT2D eigenvalue weighted by Crippen LogP contribution is 2.32. The summed E-state index contributed by atoms with van der Waals surface area (Å²) in [5, 5.41) is 35.1. The molecule has 6 atom stereocenters. The summed E-state index contributed by atoms with van der Waals surface area (Å²) >= 11 is 1.55. The van der Waals surface area contributed by atoms with E-state index in [4.69, 9.17) is 4.74 Å². The maximum absolute atomic E-state index is 13.2. The highest BCUT2D eigenvalue weighted by Gasteiger charge is 2.38. The number of hydrogen-bond acceptors (Lipinski definition) is 8. The van der Waals surface area contributed by atoms with Crippen molar-refractivity contribution in [3.05, 3.63) is 33.3 Å². The second kappa shape index (κ2) is 13.8. The number of rotatable bonds is 3. The van der Waals surface area contributed by atoms with E-state index in [1.165, 1.54) is 0 Å². The van der Waals surface area contributed by atoms with Gasteiger partial charge in [-0.1, -0.05) is 46.3 Å². The summed E-state index contributed by atoms with van der Waals surface area (Å²) in [6.45, 7) is 12.9. The Labute approximate surface area is 225 Å². The number of aliphatic hydroxyl groups excluding tert-OH is 3. The molecular formula is C29H45NO6S. The molecule has 0 radical (unpaired) electrons. The molecule has 1 aliphatic rings. The van der Waals surface area contributed by atoms with Crippen LogP contribution in [0.25, 0.3) is 6.08 Å². The summed E-state index contributed by atoms with van der Waals surface area (Å²) in [5.74, 6) is -1.59. The number of aliphatic hydroxyl groups is 3. The summed E-state index contributed by atoms with van der Waals surface area (Å²) < 4.78 is 5.90. The minimum Gasteiger partial charge on any atom is -0.457 e. The van der Waals surface area contributed by atoms with Crippen molar-refractivity contribution in [3.8, 4) is 0 Å².